The van der Waals surface area contributed by atoms with Crippen LogP contribution in [-0.2, 0) is 9.59 Å². The highest BCUT2D eigenvalue weighted by Gasteiger charge is 2.21. The maximum absolute atomic E-state index is 11.9. The lowest BCUT2D eigenvalue weighted by atomic mass is 10.2. The molecule has 0 saturated carbocycles. The molecule has 0 aliphatic carbocycles. The van der Waals surface area contributed by atoms with Crippen LogP contribution in [0.5, 0.6) is 5.75 Å². The van der Waals surface area contributed by atoms with Crippen LogP contribution in [0.4, 0.5) is 5.69 Å². The molecule has 0 radical (unpaired) electrons. The fourth-order valence-corrected chi connectivity index (χ4v) is 3.20. The summed E-state index contributed by atoms with van der Waals surface area (Å²) in [6.45, 7) is 1.60. The molecular weight excluding hydrogens is 408 g/mol. The van der Waals surface area contributed by atoms with Gasteiger partial charge in [0.05, 0.1) is 6.54 Å². The number of ether oxygens (including phenoxy) is 1. The molecule has 2 aromatic carbocycles. The first-order valence-corrected chi connectivity index (χ1v) is 9.66. The van der Waals surface area contributed by atoms with Crippen LogP contribution in [-0.4, -0.2) is 31.5 Å². The zero-order valence-corrected chi connectivity index (χ0v) is 16.4. The zero-order valence-electron chi connectivity index (χ0n) is 14.9. The summed E-state index contributed by atoms with van der Waals surface area (Å²) >= 11 is 3.39. The van der Waals surface area contributed by atoms with Crippen molar-refractivity contribution in [2.75, 3.05) is 24.6 Å². The van der Waals surface area contributed by atoms with Crippen molar-refractivity contribution in [2.24, 2.45) is 0 Å². The van der Waals surface area contributed by atoms with Gasteiger partial charge in [0.15, 0.2) is 0 Å². The van der Waals surface area contributed by atoms with Crippen LogP contribution in [0.2, 0.25) is 0 Å². The Labute approximate surface area is 167 Å². The van der Waals surface area contributed by atoms with Crippen molar-refractivity contribution in [3.8, 4) is 5.75 Å². The third kappa shape index (κ3) is 5.69. The topological polar surface area (TPSA) is 58.6 Å². The van der Waals surface area contributed by atoms with Gasteiger partial charge in [0, 0.05) is 29.2 Å². The number of hydrogen-bond donors (Lipinski definition) is 1. The number of anilines is 1. The Morgan fingerprint density at radius 3 is 2.74 bits per heavy atom. The Balaban J connectivity index is 1.42. The molecule has 5 nitrogen and oxygen atoms in total. The molecule has 0 atom stereocenters. The SMILES string of the molecule is O=C(/C=C/c1ccc(N2CCCC2=O)cc1)NCCOc1cccc(Br)c1. The van der Waals surface area contributed by atoms with Gasteiger partial charge in [-0.05, 0) is 48.4 Å². The number of carbonyl (C=O) groups excluding carboxylic acids is 2. The Morgan fingerprint density at radius 2 is 2.04 bits per heavy atom. The van der Waals surface area contributed by atoms with E-state index < -0.39 is 0 Å². The molecule has 1 fully saturated rings. The van der Waals surface area contributed by atoms with Gasteiger partial charge in [0.25, 0.3) is 0 Å². The third-order valence-corrected chi connectivity index (χ3v) is 4.66. The highest BCUT2D eigenvalue weighted by molar-refractivity contribution is 9.10. The summed E-state index contributed by atoms with van der Waals surface area (Å²) in [5.74, 6) is 0.750. The van der Waals surface area contributed by atoms with Crippen molar-refractivity contribution in [1.82, 2.24) is 5.32 Å². The van der Waals surface area contributed by atoms with Crippen molar-refractivity contribution >= 4 is 39.5 Å². The number of benzene rings is 2. The van der Waals surface area contributed by atoms with E-state index in [-0.39, 0.29) is 11.8 Å². The number of halogens is 1. The van der Waals surface area contributed by atoms with Crippen molar-refractivity contribution in [1.29, 1.82) is 0 Å². The van der Waals surface area contributed by atoms with E-state index in [1.165, 1.54) is 6.08 Å². The van der Waals surface area contributed by atoms with Crippen LogP contribution in [0.15, 0.2) is 59.1 Å². The molecule has 0 bridgehead atoms. The molecule has 27 heavy (non-hydrogen) atoms. The van der Waals surface area contributed by atoms with Gasteiger partial charge >= 0.3 is 0 Å². The first kappa shape index (κ1) is 19.2. The van der Waals surface area contributed by atoms with E-state index in [9.17, 15) is 9.59 Å². The summed E-state index contributed by atoms with van der Waals surface area (Å²) in [6, 6.07) is 15.2. The number of nitrogens with zero attached hydrogens (tertiary/aromatic N) is 1. The fraction of sp³-hybridized carbons (Fsp3) is 0.238. The standard InChI is InChI=1S/C21H21BrN2O3/c22-17-3-1-4-19(15-17)27-14-12-23-20(25)11-8-16-6-9-18(10-7-16)24-13-2-5-21(24)26/h1,3-4,6-11,15H,2,5,12-14H2,(H,23,25)/b11-8+. The van der Waals surface area contributed by atoms with E-state index in [4.69, 9.17) is 4.74 Å². The first-order valence-electron chi connectivity index (χ1n) is 8.86. The fourth-order valence-electron chi connectivity index (χ4n) is 2.82. The molecule has 3 rings (SSSR count). The van der Waals surface area contributed by atoms with E-state index in [1.54, 1.807) is 11.0 Å². The van der Waals surface area contributed by atoms with Crippen LogP contribution in [0, 0.1) is 0 Å². The summed E-state index contributed by atoms with van der Waals surface area (Å²) in [6.07, 6.45) is 4.77. The van der Waals surface area contributed by atoms with Gasteiger partial charge < -0.3 is 15.0 Å². The highest BCUT2D eigenvalue weighted by atomic mass is 79.9. The van der Waals surface area contributed by atoms with Gasteiger partial charge in [-0.3, -0.25) is 9.59 Å². The molecule has 1 saturated heterocycles. The van der Waals surface area contributed by atoms with Crippen LogP contribution in [0.1, 0.15) is 18.4 Å². The van der Waals surface area contributed by atoms with Gasteiger partial charge in [-0.2, -0.15) is 0 Å². The number of rotatable bonds is 7. The smallest absolute Gasteiger partial charge is 0.244 e. The van der Waals surface area contributed by atoms with Gasteiger partial charge in [-0.25, -0.2) is 0 Å². The van der Waals surface area contributed by atoms with Crippen molar-refractivity contribution in [3.63, 3.8) is 0 Å². The van der Waals surface area contributed by atoms with Gasteiger partial charge in [0.2, 0.25) is 11.8 Å². The maximum Gasteiger partial charge on any atom is 0.244 e. The molecule has 0 aromatic heterocycles. The summed E-state index contributed by atoms with van der Waals surface area (Å²) in [5, 5.41) is 2.78. The van der Waals surface area contributed by atoms with E-state index in [0.717, 1.165) is 34.4 Å². The minimum Gasteiger partial charge on any atom is -0.492 e. The molecule has 6 heteroatoms. The minimum atomic E-state index is -0.174. The van der Waals surface area contributed by atoms with Crippen molar-refractivity contribution < 1.29 is 14.3 Å². The van der Waals surface area contributed by atoms with E-state index in [2.05, 4.69) is 21.2 Å². The summed E-state index contributed by atoms with van der Waals surface area (Å²) in [7, 11) is 0. The predicted molar refractivity (Wildman–Crippen MR) is 110 cm³/mol. The summed E-state index contributed by atoms with van der Waals surface area (Å²) < 4.78 is 6.52. The largest absolute Gasteiger partial charge is 0.492 e. The molecule has 1 aliphatic rings. The Morgan fingerprint density at radius 1 is 1.22 bits per heavy atom. The minimum absolute atomic E-state index is 0.169. The molecular formula is C21H21BrN2O3. The Bertz CT molecular complexity index is 834. The lowest BCUT2D eigenvalue weighted by Crippen LogP contribution is -2.26. The van der Waals surface area contributed by atoms with Gasteiger partial charge in [-0.15, -0.1) is 0 Å². The monoisotopic (exact) mass is 428 g/mol. The highest BCUT2D eigenvalue weighted by Crippen LogP contribution is 2.22. The second-order valence-electron chi connectivity index (χ2n) is 6.17. The summed E-state index contributed by atoms with van der Waals surface area (Å²) in [4.78, 5) is 25.4. The number of nitrogens with one attached hydrogen (secondary N) is 1. The average Bonchev–Trinajstić information content (AvgIpc) is 3.10. The molecule has 0 unspecified atom stereocenters. The number of amides is 2. The van der Waals surface area contributed by atoms with Crippen LogP contribution in [0.25, 0.3) is 6.08 Å². The second-order valence-corrected chi connectivity index (χ2v) is 7.09. The molecule has 140 valence electrons. The van der Waals surface area contributed by atoms with Crippen LogP contribution < -0.4 is 15.0 Å². The lowest BCUT2D eigenvalue weighted by Gasteiger charge is -2.15. The molecule has 0 spiro atoms. The van der Waals surface area contributed by atoms with Gasteiger partial charge in [0.1, 0.15) is 12.4 Å². The molecule has 1 N–H and O–H groups in total. The Kier molecular flexibility index (Phi) is 6.65. The Hall–Kier alpha value is -2.60. The zero-order chi connectivity index (χ0) is 19.1. The average molecular weight is 429 g/mol. The molecule has 2 aromatic rings. The van der Waals surface area contributed by atoms with E-state index in [1.807, 2.05) is 48.5 Å². The lowest BCUT2D eigenvalue weighted by molar-refractivity contribution is -0.117. The number of carbonyl (C=O) groups is 2. The normalized spacial score (nSPS) is 14.0. The van der Waals surface area contributed by atoms with E-state index >= 15 is 0 Å². The summed E-state index contributed by atoms with van der Waals surface area (Å²) in [5.41, 5.74) is 1.81. The maximum atomic E-state index is 11.9. The van der Waals surface area contributed by atoms with Crippen LogP contribution in [0.3, 0.4) is 0 Å². The first-order chi connectivity index (χ1) is 13.1. The predicted octanol–water partition coefficient (Wildman–Crippen LogP) is 3.78. The number of hydrogen-bond acceptors (Lipinski definition) is 3. The van der Waals surface area contributed by atoms with E-state index in [0.29, 0.717) is 19.6 Å². The van der Waals surface area contributed by atoms with Crippen molar-refractivity contribution in [2.45, 2.75) is 12.8 Å². The molecule has 1 heterocycles. The second kappa shape index (κ2) is 9.37. The molecule has 2 amide bonds. The third-order valence-electron chi connectivity index (χ3n) is 4.17. The van der Waals surface area contributed by atoms with Crippen molar-refractivity contribution in [3.05, 3.63) is 64.6 Å². The quantitative estimate of drug-likeness (QED) is 0.539. The van der Waals surface area contributed by atoms with Crippen LogP contribution >= 0.6 is 15.9 Å². The molecule has 1 aliphatic heterocycles. The van der Waals surface area contributed by atoms with Gasteiger partial charge in [-0.1, -0.05) is 34.1 Å².